The highest BCUT2D eigenvalue weighted by Crippen LogP contribution is 2.25. The molecule has 0 aliphatic rings. The Morgan fingerprint density at radius 1 is 1.29 bits per heavy atom. The molecule has 76 valence electrons. The third-order valence-electron chi connectivity index (χ3n) is 2.13. The maximum atomic E-state index is 11.0. The molecule has 3 nitrogen and oxygen atoms in total. The molecule has 0 saturated heterocycles. The van der Waals surface area contributed by atoms with Crippen LogP contribution in [0, 0.1) is 0 Å². The molecule has 0 heterocycles. The van der Waals surface area contributed by atoms with Gasteiger partial charge in [0.15, 0.2) is 11.5 Å². The number of Topliss-reactive ketones (excluding diaryl/α,β-unsaturated/α-hetero) is 1. The smallest absolute Gasteiger partial charge is 0.157 e. The minimum absolute atomic E-state index is 0.129. The van der Waals surface area contributed by atoms with E-state index in [4.69, 9.17) is 5.11 Å². The normalized spacial score (nSPS) is 10.1. The Morgan fingerprint density at radius 2 is 2.00 bits per heavy atom. The summed E-state index contributed by atoms with van der Waals surface area (Å²) in [7, 11) is 0. The predicted molar refractivity (Wildman–Crippen MR) is 53.4 cm³/mol. The minimum atomic E-state index is -0.133. The molecule has 0 aromatic heterocycles. The van der Waals surface area contributed by atoms with Crippen LogP contribution in [-0.4, -0.2) is 16.0 Å². The Labute approximate surface area is 83.0 Å². The van der Waals surface area contributed by atoms with Gasteiger partial charge in [0, 0.05) is 12.8 Å². The van der Waals surface area contributed by atoms with Crippen LogP contribution in [0.3, 0.4) is 0 Å². The number of rotatable bonds is 4. The van der Waals surface area contributed by atoms with E-state index in [0.29, 0.717) is 19.3 Å². The van der Waals surface area contributed by atoms with E-state index in [1.165, 1.54) is 12.1 Å². The van der Waals surface area contributed by atoms with E-state index in [1.54, 1.807) is 6.07 Å². The van der Waals surface area contributed by atoms with Gasteiger partial charge in [0.2, 0.25) is 0 Å². The molecular weight excluding hydrogens is 180 g/mol. The molecule has 0 bridgehead atoms. The van der Waals surface area contributed by atoms with Crippen molar-refractivity contribution in [2.45, 2.75) is 26.2 Å². The Bertz CT molecular complexity index is 331. The molecule has 0 aliphatic heterocycles. The molecule has 0 atom stereocenters. The van der Waals surface area contributed by atoms with Crippen molar-refractivity contribution in [3.05, 3.63) is 23.8 Å². The van der Waals surface area contributed by atoms with Gasteiger partial charge >= 0.3 is 0 Å². The van der Waals surface area contributed by atoms with E-state index in [-0.39, 0.29) is 17.3 Å². The fourth-order valence-corrected chi connectivity index (χ4v) is 1.19. The quantitative estimate of drug-likeness (QED) is 0.721. The lowest BCUT2D eigenvalue weighted by Gasteiger charge is -2.02. The zero-order valence-electron chi connectivity index (χ0n) is 8.16. The fourth-order valence-electron chi connectivity index (χ4n) is 1.19. The van der Waals surface area contributed by atoms with Gasteiger partial charge in [-0.1, -0.05) is 13.0 Å². The summed E-state index contributed by atoms with van der Waals surface area (Å²) in [6.07, 6.45) is 1.64. The van der Waals surface area contributed by atoms with Crippen LogP contribution in [0.25, 0.3) is 0 Å². The highest BCUT2D eigenvalue weighted by Gasteiger charge is 2.03. The monoisotopic (exact) mass is 194 g/mol. The molecule has 0 unspecified atom stereocenters. The number of phenols is 2. The van der Waals surface area contributed by atoms with Crippen LogP contribution in [0.15, 0.2) is 18.2 Å². The van der Waals surface area contributed by atoms with E-state index in [1.807, 2.05) is 6.92 Å². The molecule has 0 fully saturated rings. The van der Waals surface area contributed by atoms with Crippen molar-refractivity contribution < 1.29 is 15.0 Å². The van der Waals surface area contributed by atoms with Crippen molar-refractivity contribution in [1.29, 1.82) is 0 Å². The third-order valence-corrected chi connectivity index (χ3v) is 2.13. The molecule has 1 aromatic rings. The van der Waals surface area contributed by atoms with Crippen molar-refractivity contribution >= 4 is 5.78 Å². The number of carbonyl (C=O) groups excluding carboxylic acids is 1. The molecule has 0 amide bonds. The van der Waals surface area contributed by atoms with E-state index in [9.17, 15) is 9.90 Å². The Hall–Kier alpha value is -1.51. The van der Waals surface area contributed by atoms with E-state index >= 15 is 0 Å². The average molecular weight is 194 g/mol. The van der Waals surface area contributed by atoms with E-state index < -0.39 is 0 Å². The van der Waals surface area contributed by atoms with Crippen LogP contribution in [0.1, 0.15) is 25.3 Å². The SMILES string of the molecule is CCC(=O)CCc1ccc(O)c(O)c1. The minimum Gasteiger partial charge on any atom is -0.504 e. The van der Waals surface area contributed by atoms with Gasteiger partial charge in [-0.2, -0.15) is 0 Å². The number of benzene rings is 1. The van der Waals surface area contributed by atoms with Crippen LogP contribution in [-0.2, 0) is 11.2 Å². The number of hydrogen-bond acceptors (Lipinski definition) is 3. The summed E-state index contributed by atoms with van der Waals surface area (Å²) in [6, 6.07) is 4.62. The summed E-state index contributed by atoms with van der Waals surface area (Å²) in [5, 5.41) is 18.2. The van der Waals surface area contributed by atoms with Crippen molar-refractivity contribution in [3.8, 4) is 11.5 Å². The first-order valence-electron chi connectivity index (χ1n) is 4.66. The number of ketones is 1. The van der Waals surface area contributed by atoms with Gasteiger partial charge in [-0.25, -0.2) is 0 Å². The van der Waals surface area contributed by atoms with E-state index in [2.05, 4.69) is 0 Å². The maximum absolute atomic E-state index is 11.0. The average Bonchev–Trinajstić information content (AvgIpc) is 2.19. The van der Waals surface area contributed by atoms with Crippen LogP contribution in [0.4, 0.5) is 0 Å². The van der Waals surface area contributed by atoms with Gasteiger partial charge in [-0.15, -0.1) is 0 Å². The molecule has 0 spiro atoms. The second kappa shape index (κ2) is 4.65. The van der Waals surface area contributed by atoms with Crippen molar-refractivity contribution in [3.63, 3.8) is 0 Å². The number of aromatic hydroxyl groups is 2. The Morgan fingerprint density at radius 3 is 2.57 bits per heavy atom. The highest BCUT2D eigenvalue weighted by atomic mass is 16.3. The van der Waals surface area contributed by atoms with E-state index in [0.717, 1.165) is 5.56 Å². The molecule has 1 aromatic carbocycles. The van der Waals surface area contributed by atoms with Gasteiger partial charge in [0.05, 0.1) is 0 Å². The first-order chi connectivity index (χ1) is 6.63. The van der Waals surface area contributed by atoms with Crippen molar-refractivity contribution in [2.75, 3.05) is 0 Å². The second-order valence-electron chi connectivity index (χ2n) is 3.22. The predicted octanol–water partition coefficient (Wildman–Crippen LogP) is 2.01. The van der Waals surface area contributed by atoms with Gasteiger partial charge in [0.25, 0.3) is 0 Å². The van der Waals surface area contributed by atoms with Gasteiger partial charge in [0.1, 0.15) is 5.78 Å². The molecule has 0 saturated carbocycles. The maximum Gasteiger partial charge on any atom is 0.157 e. The molecule has 1 rings (SSSR count). The number of carbonyl (C=O) groups is 1. The fraction of sp³-hybridized carbons (Fsp3) is 0.364. The molecule has 0 aliphatic carbocycles. The number of aryl methyl sites for hydroxylation is 1. The summed E-state index contributed by atoms with van der Waals surface area (Å²) >= 11 is 0. The molecule has 3 heteroatoms. The van der Waals surface area contributed by atoms with Crippen LogP contribution >= 0.6 is 0 Å². The van der Waals surface area contributed by atoms with Gasteiger partial charge < -0.3 is 10.2 Å². The zero-order valence-corrected chi connectivity index (χ0v) is 8.16. The summed E-state index contributed by atoms with van der Waals surface area (Å²) < 4.78 is 0. The third kappa shape index (κ3) is 2.76. The largest absolute Gasteiger partial charge is 0.504 e. The highest BCUT2D eigenvalue weighted by molar-refractivity contribution is 5.78. The summed E-state index contributed by atoms with van der Waals surface area (Å²) in [5.41, 5.74) is 0.863. The Balaban J connectivity index is 2.60. The molecule has 14 heavy (non-hydrogen) atoms. The lowest BCUT2D eigenvalue weighted by Crippen LogP contribution is -1.97. The van der Waals surface area contributed by atoms with Gasteiger partial charge in [-0.3, -0.25) is 4.79 Å². The standard InChI is InChI=1S/C11H14O3/c1-2-9(12)5-3-8-4-6-10(13)11(14)7-8/h4,6-7,13-14H,2-3,5H2,1H3. The number of phenolic OH excluding ortho intramolecular Hbond substituents is 2. The summed E-state index contributed by atoms with van der Waals surface area (Å²) in [6.45, 7) is 1.83. The topological polar surface area (TPSA) is 57.5 Å². The second-order valence-corrected chi connectivity index (χ2v) is 3.22. The summed E-state index contributed by atoms with van der Waals surface area (Å²) in [5.74, 6) is -0.0559. The molecular formula is C11H14O3. The lowest BCUT2D eigenvalue weighted by molar-refractivity contribution is -0.118. The molecule has 2 N–H and O–H groups in total. The first-order valence-corrected chi connectivity index (χ1v) is 4.66. The van der Waals surface area contributed by atoms with Crippen LogP contribution in [0.2, 0.25) is 0 Å². The van der Waals surface area contributed by atoms with Crippen LogP contribution in [0.5, 0.6) is 11.5 Å². The van der Waals surface area contributed by atoms with Gasteiger partial charge in [-0.05, 0) is 24.1 Å². The van der Waals surface area contributed by atoms with Crippen molar-refractivity contribution in [2.24, 2.45) is 0 Å². The van der Waals surface area contributed by atoms with Crippen molar-refractivity contribution in [1.82, 2.24) is 0 Å². The first kappa shape index (κ1) is 10.6. The zero-order chi connectivity index (χ0) is 10.6. The Kier molecular flexibility index (Phi) is 3.51. The molecule has 0 radical (unpaired) electrons. The lowest BCUT2D eigenvalue weighted by atomic mass is 10.1. The van der Waals surface area contributed by atoms with Crippen LogP contribution < -0.4 is 0 Å². The summed E-state index contributed by atoms with van der Waals surface area (Å²) in [4.78, 5) is 11.0. The number of hydrogen-bond donors (Lipinski definition) is 2.